The zero-order valence-electron chi connectivity index (χ0n) is 15.6. The van der Waals surface area contributed by atoms with Crippen molar-refractivity contribution in [3.05, 3.63) is 69.1 Å². The molecule has 3 rings (SSSR count). The van der Waals surface area contributed by atoms with Crippen molar-refractivity contribution in [2.24, 2.45) is 0 Å². The molecular formula is C20H19BrN4O2S2. The topological polar surface area (TPSA) is 76.1 Å². The maximum Gasteiger partial charge on any atom is 0.257 e. The third-order valence-corrected chi connectivity index (χ3v) is 5.71. The number of amides is 1. The van der Waals surface area contributed by atoms with E-state index < -0.39 is 0 Å². The molecule has 1 amide bonds. The molecule has 9 heteroatoms. The van der Waals surface area contributed by atoms with Crippen LogP contribution in [0.2, 0.25) is 0 Å². The van der Waals surface area contributed by atoms with Crippen molar-refractivity contribution in [2.75, 3.05) is 11.9 Å². The molecule has 0 radical (unpaired) electrons. The van der Waals surface area contributed by atoms with Gasteiger partial charge in [0.25, 0.3) is 5.91 Å². The number of aryl methyl sites for hydroxylation is 1. The van der Waals surface area contributed by atoms with E-state index in [1.807, 2.05) is 25.1 Å². The summed E-state index contributed by atoms with van der Waals surface area (Å²) >= 11 is 10.0. The third kappa shape index (κ3) is 6.31. The lowest BCUT2D eigenvalue weighted by atomic mass is 10.2. The molecule has 0 atom stereocenters. The van der Waals surface area contributed by atoms with Crippen molar-refractivity contribution in [2.45, 2.75) is 19.8 Å². The predicted octanol–water partition coefficient (Wildman–Crippen LogP) is 4.61. The summed E-state index contributed by atoms with van der Waals surface area (Å²) in [5.41, 5.74) is 1.67. The van der Waals surface area contributed by atoms with E-state index in [1.54, 1.807) is 18.2 Å². The van der Waals surface area contributed by atoms with Crippen LogP contribution in [0.4, 0.5) is 5.13 Å². The van der Waals surface area contributed by atoms with Crippen LogP contribution in [0.25, 0.3) is 0 Å². The third-order valence-electron chi connectivity index (χ3n) is 3.90. The van der Waals surface area contributed by atoms with Crippen LogP contribution in [0, 0.1) is 0 Å². The number of halogens is 1. The molecule has 0 aliphatic heterocycles. The largest absolute Gasteiger partial charge is 0.492 e. The first kappa shape index (κ1) is 21.4. The van der Waals surface area contributed by atoms with Gasteiger partial charge in [-0.15, -0.1) is 10.2 Å². The summed E-state index contributed by atoms with van der Waals surface area (Å²) in [4.78, 5) is 12.4. The Labute approximate surface area is 186 Å². The minimum Gasteiger partial charge on any atom is -0.492 e. The SMILES string of the molecule is CCc1nnc(NC(=S)NC(=O)c2ccc(OCCc3ccccc3)c(Br)c2)s1. The highest BCUT2D eigenvalue weighted by molar-refractivity contribution is 9.10. The van der Waals surface area contributed by atoms with Gasteiger partial charge in [-0.25, -0.2) is 0 Å². The van der Waals surface area contributed by atoms with E-state index >= 15 is 0 Å². The molecule has 0 spiro atoms. The highest BCUT2D eigenvalue weighted by atomic mass is 79.9. The maximum atomic E-state index is 12.4. The molecule has 0 unspecified atom stereocenters. The molecule has 0 aliphatic rings. The Bertz CT molecular complexity index is 995. The second-order valence-corrected chi connectivity index (χ2v) is 8.32. The number of aromatic nitrogens is 2. The van der Waals surface area contributed by atoms with E-state index in [0.29, 0.717) is 27.5 Å². The highest BCUT2D eigenvalue weighted by Crippen LogP contribution is 2.26. The van der Waals surface area contributed by atoms with Crippen LogP contribution < -0.4 is 15.4 Å². The van der Waals surface area contributed by atoms with Crippen molar-refractivity contribution >= 4 is 55.6 Å². The smallest absolute Gasteiger partial charge is 0.257 e. The molecule has 1 heterocycles. The van der Waals surface area contributed by atoms with Gasteiger partial charge in [0.15, 0.2) is 5.11 Å². The average Bonchev–Trinajstić information content (AvgIpc) is 3.17. The van der Waals surface area contributed by atoms with Gasteiger partial charge >= 0.3 is 0 Å². The van der Waals surface area contributed by atoms with Gasteiger partial charge in [-0.05, 0) is 58.3 Å². The van der Waals surface area contributed by atoms with Crippen LogP contribution in [0.5, 0.6) is 5.75 Å². The lowest BCUT2D eigenvalue weighted by Gasteiger charge is -2.11. The monoisotopic (exact) mass is 490 g/mol. The van der Waals surface area contributed by atoms with Gasteiger partial charge < -0.3 is 10.1 Å². The van der Waals surface area contributed by atoms with Gasteiger partial charge in [-0.2, -0.15) is 0 Å². The Hall–Kier alpha value is -2.36. The Morgan fingerprint density at radius 2 is 2.00 bits per heavy atom. The van der Waals surface area contributed by atoms with Crippen LogP contribution in [-0.4, -0.2) is 27.8 Å². The molecular weight excluding hydrogens is 472 g/mol. The van der Waals surface area contributed by atoms with Crippen LogP contribution >= 0.6 is 39.5 Å². The lowest BCUT2D eigenvalue weighted by molar-refractivity contribution is 0.0977. The van der Waals surface area contributed by atoms with Crippen LogP contribution in [0.3, 0.4) is 0 Å². The summed E-state index contributed by atoms with van der Waals surface area (Å²) in [5.74, 6) is 0.360. The van der Waals surface area contributed by atoms with Gasteiger partial charge in [-0.3, -0.25) is 10.1 Å². The van der Waals surface area contributed by atoms with E-state index in [-0.39, 0.29) is 11.0 Å². The van der Waals surface area contributed by atoms with E-state index in [9.17, 15) is 4.79 Å². The zero-order chi connectivity index (χ0) is 20.6. The van der Waals surface area contributed by atoms with Crippen molar-refractivity contribution < 1.29 is 9.53 Å². The molecule has 0 saturated heterocycles. The summed E-state index contributed by atoms with van der Waals surface area (Å²) in [5, 5.41) is 15.1. The van der Waals surface area contributed by atoms with E-state index in [2.05, 4.69) is 48.9 Å². The first-order valence-corrected chi connectivity index (χ1v) is 11.0. The van der Waals surface area contributed by atoms with Crippen LogP contribution in [-0.2, 0) is 12.8 Å². The Balaban J connectivity index is 1.52. The van der Waals surface area contributed by atoms with E-state index in [0.717, 1.165) is 17.8 Å². The van der Waals surface area contributed by atoms with Crippen molar-refractivity contribution in [3.63, 3.8) is 0 Å². The average molecular weight is 491 g/mol. The highest BCUT2D eigenvalue weighted by Gasteiger charge is 2.12. The van der Waals surface area contributed by atoms with Crippen LogP contribution in [0.15, 0.2) is 53.0 Å². The van der Waals surface area contributed by atoms with Crippen molar-refractivity contribution in [3.8, 4) is 5.75 Å². The molecule has 6 nitrogen and oxygen atoms in total. The number of ether oxygens (including phenoxy) is 1. The van der Waals surface area contributed by atoms with Gasteiger partial charge in [0.2, 0.25) is 5.13 Å². The molecule has 0 fully saturated rings. The number of hydrogen-bond donors (Lipinski definition) is 2. The number of benzene rings is 2. The van der Waals surface area contributed by atoms with Crippen molar-refractivity contribution in [1.29, 1.82) is 0 Å². The Morgan fingerprint density at radius 3 is 2.69 bits per heavy atom. The minimum absolute atomic E-state index is 0.174. The number of thiocarbonyl (C=S) groups is 1. The normalized spacial score (nSPS) is 10.4. The predicted molar refractivity (Wildman–Crippen MR) is 123 cm³/mol. The molecule has 0 aliphatic carbocycles. The fourth-order valence-corrected chi connectivity index (χ4v) is 3.86. The first-order valence-electron chi connectivity index (χ1n) is 8.96. The minimum atomic E-state index is -0.320. The van der Waals surface area contributed by atoms with E-state index in [4.69, 9.17) is 17.0 Å². The number of hydrogen-bond acceptors (Lipinski definition) is 6. The number of carbonyl (C=O) groups is 1. The molecule has 2 aromatic carbocycles. The standard InChI is InChI=1S/C20H19BrN4O2S2/c1-2-17-24-25-20(29-17)23-19(28)22-18(26)14-8-9-16(15(21)12-14)27-11-10-13-6-4-3-5-7-13/h3-9,12H,2,10-11H2,1H3,(H2,22,23,25,26,28). The Morgan fingerprint density at radius 1 is 1.21 bits per heavy atom. The lowest BCUT2D eigenvalue weighted by Crippen LogP contribution is -2.34. The number of nitrogens with zero attached hydrogens (tertiary/aromatic N) is 2. The van der Waals surface area contributed by atoms with Gasteiger partial charge in [0, 0.05) is 12.0 Å². The molecule has 3 aromatic rings. The van der Waals surface area contributed by atoms with Gasteiger partial charge in [-0.1, -0.05) is 48.6 Å². The summed E-state index contributed by atoms with van der Waals surface area (Å²) in [6.45, 7) is 2.54. The summed E-state index contributed by atoms with van der Waals surface area (Å²) < 4.78 is 6.52. The second-order valence-electron chi connectivity index (χ2n) is 5.99. The van der Waals surface area contributed by atoms with Gasteiger partial charge in [0.1, 0.15) is 10.8 Å². The van der Waals surface area contributed by atoms with Crippen LogP contribution in [0.1, 0.15) is 27.9 Å². The fourth-order valence-electron chi connectivity index (χ4n) is 2.43. The first-order chi connectivity index (χ1) is 14.0. The molecule has 0 bridgehead atoms. The zero-order valence-corrected chi connectivity index (χ0v) is 18.9. The maximum absolute atomic E-state index is 12.4. The molecule has 1 aromatic heterocycles. The molecule has 150 valence electrons. The van der Waals surface area contributed by atoms with E-state index in [1.165, 1.54) is 16.9 Å². The second kappa shape index (κ2) is 10.4. The summed E-state index contributed by atoms with van der Waals surface area (Å²) in [7, 11) is 0. The Kier molecular flexibility index (Phi) is 7.68. The summed E-state index contributed by atoms with van der Waals surface area (Å²) in [6, 6.07) is 15.3. The van der Waals surface area contributed by atoms with Crippen molar-refractivity contribution in [1.82, 2.24) is 15.5 Å². The molecule has 29 heavy (non-hydrogen) atoms. The van der Waals surface area contributed by atoms with Gasteiger partial charge in [0.05, 0.1) is 11.1 Å². The fraction of sp³-hybridized carbons (Fsp3) is 0.200. The number of carbonyl (C=O) groups excluding carboxylic acids is 1. The number of rotatable bonds is 7. The number of nitrogens with one attached hydrogen (secondary N) is 2. The summed E-state index contributed by atoms with van der Waals surface area (Å²) in [6.07, 6.45) is 1.60. The molecule has 0 saturated carbocycles. The number of anilines is 1. The quantitative estimate of drug-likeness (QED) is 0.470. The molecule has 2 N–H and O–H groups in total.